The number of halogens is 3. The normalized spacial score (nSPS) is 24.6. The molecule has 1 aromatic heterocycles. The predicted octanol–water partition coefficient (Wildman–Crippen LogP) is -0.186. The second kappa shape index (κ2) is 5.73. The van der Waals surface area contributed by atoms with Crippen molar-refractivity contribution in [3.05, 3.63) is 6.33 Å². The van der Waals surface area contributed by atoms with Gasteiger partial charge in [-0.25, -0.2) is 4.68 Å². The fraction of sp³-hybridized carbons (Fsp3) is 0.800. The third-order valence-electron chi connectivity index (χ3n) is 3.27. The van der Waals surface area contributed by atoms with Crippen LogP contribution in [0.4, 0.5) is 13.2 Å². The van der Waals surface area contributed by atoms with E-state index in [1.54, 1.807) is 0 Å². The SMILES string of the molecule is CN1C[C@@H](NC(=O)Cn2cnnn2)CC[C@@H]1C(F)(F)F. The first-order valence-corrected chi connectivity index (χ1v) is 6.13. The summed E-state index contributed by atoms with van der Waals surface area (Å²) < 4.78 is 39.3. The summed E-state index contributed by atoms with van der Waals surface area (Å²) >= 11 is 0. The van der Waals surface area contributed by atoms with Crippen molar-refractivity contribution < 1.29 is 18.0 Å². The van der Waals surface area contributed by atoms with Crippen LogP contribution in [0.25, 0.3) is 0 Å². The Morgan fingerprint density at radius 2 is 2.20 bits per heavy atom. The summed E-state index contributed by atoms with van der Waals surface area (Å²) in [7, 11) is 1.41. The van der Waals surface area contributed by atoms with Crippen LogP contribution < -0.4 is 5.32 Å². The molecule has 0 aromatic carbocycles. The minimum Gasteiger partial charge on any atom is -0.350 e. The Labute approximate surface area is 113 Å². The monoisotopic (exact) mass is 292 g/mol. The quantitative estimate of drug-likeness (QED) is 0.836. The molecule has 0 aliphatic carbocycles. The minimum atomic E-state index is -4.23. The molecular formula is C10H15F3N6O. The molecule has 1 saturated heterocycles. The van der Waals surface area contributed by atoms with Crippen molar-refractivity contribution in [1.29, 1.82) is 0 Å². The number of nitrogens with zero attached hydrogens (tertiary/aromatic N) is 5. The van der Waals surface area contributed by atoms with Crippen LogP contribution >= 0.6 is 0 Å². The molecule has 20 heavy (non-hydrogen) atoms. The van der Waals surface area contributed by atoms with E-state index in [0.29, 0.717) is 6.42 Å². The molecule has 2 rings (SSSR count). The number of hydrogen-bond donors (Lipinski definition) is 1. The van der Waals surface area contributed by atoms with Gasteiger partial charge in [0.2, 0.25) is 5.91 Å². The van der Waals surface area contributed by atoms with E-state index in [1.165, 1.54) is 23.0 Å². The van der Waals surface area contributed by atoms with E-state index in [-0.39, 0.29) is 31.5 Å². The van der Waals surface area contributed by atoms with Crippen molar-refractivity contribution in [2.45, 2.75) is 37.6 Å². The van der Waals surface area contributed by atoms with Crippen LogP contribution in [0.15, 0.2) is 6.33 Å². The highest BCUT2D eigenvalue weighted by molar-refractivity contribution is 5.75. The Kier molecular flexibility index (Phi) is 4.21. The van der Waals surface area contributed by atoms with E-state index >= 15 is 0 Å². The van der Waals surface area contributed by atoms with Gasteiger partial charge < -0.3 is 5.32 Å². The van der Waals surface area contributed by atoms with Crippen LogP contribution in [0.3, 0.4) is 0 Å². The highest BCUT2D eigenvalue weighted by Crippen LogP contribution is 2.30. The number of amides is 1. The molecular weight excluding hydrogens is 277 g/mol. The molecule has 1 N–H and O–H groups in total. The van der Waals surface area contributed by atoms with Crippen LogP contribution in [0.5, 0.6) is 0 Å². The first-order valence-electron chi connectivity index (χ1n) is 6.13. The maximum Gasteiger partial charge on any atom is 0.404 e. The van der Waals surface area contributed by atoms with Crippen LogP contribution in [-0.2, 0) is 11.3 Å². The lowest BCUT2D eigenvalue weighted by Crippen LogP contribution is -2.55. The third kappa shape index (κ3) is 3.65. The zero-order valence-corrected chi connectivity index (χ0v) is 10.8. The van der Waals surface area contributed by atoms with E-state index in [4.69, 9.17) is 0 Å². The van der Waals surface area contributed by atoms with Crippen molar-refractivity contribution in [1.82, 2.24) is 30.4 Å². The average Bonchev–Trinajstić information content (AvgIpc) is 2.79. The van der Waals surface area contributed by atoms with Crippen LogP contribution in [0.2, 0.25) is 0 Å². The van der Waals surface area contributed by atoms with Gasteiger partial charge in [-0.1, -0.05) is 0 Å². The second-order valence-corrected chi connectivity index (χ2v) is 4.85. The van der Waals surface area contributed by atoms with Crippen molar-refractivity contribution >= 4 is 5.91 Å². The molecule has 7 nitrogen and oxygen atoms in total. The van der Waals surface area contributed by atoms with Crippen molar-refractivity contribution in [2.24, 2.45) is 0 Å². The standard InChI is InChI=1S/C10H15F3N6O/c1-18-4-7(2-3-8(18)10(11,12)13)15-9(20)5-19-6-14-16-17-19/h6-8H,2-5H2,1H3,(H,15,20)/t7-,8+/m0/s1. The molecule has 1 amide bonds. The number of alkyl halides is 3. The highest BCUT2D eigenvalue weighted by atomic mass is 19.4. The molecule has 1 fully saturated rings. The Hall–Kier alpha value is -1.71. The molecule has 1 aromatic rings. The fourth-order valence-electron chi connectivity index (χ4n) is 2.35. The number of hydrogen-bond acceptors (Lipinski definition) is 5. The summed E-state index contributed by atoms with van der Waals surface area (Å²) in [5.41, 5.74) is 0. The molecule has 2 heterocycles. The number of nitrogens with one attached hydrogen (secondary N) is 1. The third-order valence-corrected chi connectivity index (χ3v) is 3.27. The Morgan fingerprint density at radius 3 is 2.75 bits per heavy atom. The zero-order valence-electron chi connectivity index (χ0n) is 10.8. The van der Waals surface area contributed by atoms with Gasteiger partial charge in [-0.05, 0) is 30.3 Å². The largest absolute Gasteiger partial charge is 0.404 e. The van der Waals surface area contributed by atoms with Gasteiger partial charge in [0.1, 0.15) is 18.9 Å². The molecule has 2 atom stereocenters. The van der Waals surface area contributed by atoms with Gasteiger partial charge in [0, 0.05) is 12.6 Å². The van der Waals surface area contributed by atoms with Crippen molar-refractivity contribution in [3.63, 3.8) is 0 Å². The van der Waals surface area contributed by atoms with Crippen molar-refractivity contribution in [2.75, 3.05) is 13.6 Å². The van der Waals surface area contributed by atoms with Gasteiger partial charge >= 0.3 is 6.18 Å². The lowest BCUT2D eigenvalue weighted by molar-refractivity contribution is -0.188. The van der Waals surface area contributed by atoms with Gasteiger partial charge in [-0.15, -0.1) is 5.10 Å². The van der Waals surface area contributed by atoms with E-state index in [2.05, 4.69) is 20.8 Å². The van der Waals surface area contributed by atoms with E-state index in [1.807, 2.05) is 0 Å². The number of likely N-dealkylation sites (N-methyl/N-ethyl adjacent to an activating group) is 1. The number of tetrazole rings is 1. The predicted molar refractivity (Wildman–Crippen MR) is 61.5 cm³/mol. The van der Waals surface area contributed by atoms with Gasteiger partial charge in [-0.3, -0.25) is 9.69 Å². The van der Waals surface area contributed by atoms with Crippen LogP contribution in [-0.4, -0.2) is 62.9 Å². The van der Waals surface area contributed by atoms with Gasteiger partial charge in [0.05, 0.1) is 0 Å². The maximum atomic E-state index is 12.7. The summed E-state index contributed by atoms with van der Waals surface area (Å²) in [6, 6.07) is -1.72. The molecule has 0 bridgehead atoms. The van der Waals surface area contributed by atoms with Crippen LogP contribution in [0.1, 0.15) is 12.8 Å². The lowest BCUT2D eigenvalue weighted by Gasteiger charge is -2.38. The highest BCUT2D eigenvalue weighted by Gasteiger charge is 2.44. The van der Waals surface area contributed by atoms with Gasteiger partial charge in [0.15, 0.2) is 0 Å². The molecule has 0 spiro atoms. The first kappa shape index (κ1) is 14.7. The number of piperidine rings is 1. The summed E-state index contributed by atoms with van der Waals surface area (Å²) in [5.74, 6) is -0.318. The van der Waals surface area contributed by atoms with E-state index < -0.39 is 12.2 Å². The maximum absolute atomic E-state index is 12.7. The number of aromatic nitrogens is 4. The number of likely N-dealkylation sites (tertiary alicyclic amines) is 1. The molecule has 1 aliphatic heterocycles. The zero-order chi connectivity index (χ0) is 14.8. The van der Waals surface area contributed by atoms with E-state index in [9.17, 15) is 18.0 Å². The fourth-order valence-corrected chi connectivity index (χ4v) is 2.35. The van der Waals surface area contributed by atoms with Gasteiger partial charge in [-0.2, -0.15) is 13.2 Å². The molecule has 0 unspecified atom stereocenters. The number of carbonyl (C=O) groups excluding carboxylic acids is 1. The summed E-state index contributed by atoms with van der Waals surface area (Å²) in [6.07, 6.45) is -2.64. The number of carbonyl (C=O) groups is 1. The smallest absolute Gasteiger partial charge is 0.350 e. The Bertz CT molecular complexity index is 448. The lowest BCUT2D eigenvalue weighted by atomic mass is 9.98. The Morgan fingerprint density at radius 1 is 1.45 bits per heavy atom. The minimum absolute atomic E-state index is 0.0180. The average molecular weight is 292 g/mol. The molecule has 10 heteroatoms. The summed E-state index contributed by atoms with van der Waals surface area (Å²) in [6.45, 7) is 0.126. The Balaban J connectivity index is 1.82. The second-order valence-electron chi connectivity index (χ2n) is 4.85. The number of rotatable bonds is 3. The first-order chi connectivity index (χ1) is 9.36. The topological polar surface area (TPSA) is 75.9 Å². The molecule has 0 saturated carbocycles. The van der Waals surface area contributed by atoms with Crippen molar-refractivity contribution in [3.8, 4) is 0 Å². The molecule has 0 radical (unpaired) electrons. The van der Waals surface area contributed by atoms with E-state index in [0.717, 1.165) is 0 Å². The van der Waals surface area contributed by atoms with Crippen LogP contribution in [0, 0.1) is 0 Å². The van der Waals surface area contributed by atoms with Gasteiger partial charge in [0.25, 0.3) is 0 Å². The molecule has 1 aliphatic rings. The molecule has 112 valence electrons. The summed E-state index contributed by atoms with van der Waals surface area (Å²) in [5, 5.41) is 13.0. The summed E-state index contributed by atoms with van der Waals surface area (Å²) in [4.78, 5) is 12.9.